The Bertz CT molecular complexity index is 681. The van der Waals surface area contributed by atoms with Crippen molar-refractivity contribution >= 4 is 17.3 Å². The summed E-state index contributed by atoms with van der Waals surface area (Å²) in [6, 6.07) is 9.98. The van der Waals surface area contributed by atoms with Crippen molar-refractivity contribution in [3.63, 3.8) is 0 Å². The number of para-hydroxylation sites is 1. The lowest BCUT2D eigenvalue weighted by atomic mass is 10.1. The molecule has 0 unspecified atom stereocenters. The molecule has 6 heteroatoms. The Morgan fingerprint density at radius 2 is 1.81 bits per heavy atom. The molecule has 3 N–H and O–H groups in total. The first-order valence-electron chi connectivity index (χ1n) is 6.13. The van der Waals surface area contributed by atoms with Crippen LogP contribution >= 0.6 is 0 Å². The number of nitrogen functional groups attached to an aromatic ring is 1. The number of nitrogens with two attached hydrogens (primary N) is 1. The molecule has 0 bridgehead atoms. The van der Waals surface area contributed by atoms with Crippen LogP contribution in [0.4, 0.5) is 24.5 Å². The average molecular weight is 294 g/mol. The topological polar surface area (TPSA) is 55.1 Å². The van der Waals surface area contributed by atoms with Gasteiger partial charge in [-0.3, -0.25) is 4.79 Å². The molecule has 0 radical (unpaired) electrons. The third-order valence-corrected chi connectivity index (χ3v) is 3.01. The first-order valence-corrected chi connectivity index (χ1v) is 6.13. The molecule has 3 nitrogen and oxygen atoms in total. The summed E-state index contributed by atoms with van der Waals surface area (Å²) in [7, 11) is 0. The predicted molar refractivity (Wildman–Crippen MR) is 75.0 cm³/mol. The number of nitrogens with one attached hydrogen (secondary N) is 1. The Morgan fingerprint density at radius 1 is 1.14 bits per heavy atom. The van der Waals surface area contributed by atoms with Crippen molar-refractivity contribution in [3.8, 4) is 0 Å². The maximum absolute atomic E-state index is 12.8. The van der Waals surface area contributed by atoms with Crippen molar-refractivity contribution in [1.29, 1.82) is 0 Å². The Kier molecular flexibility index (Phi) is 3.88. The van der Waals surface area contributed by atoms with Gasteiger partial charge in [0, 0.05) is 11.4 Å². The first kappa shape index (κ1) is 14.9. The number of halogens is 3. The minimum atomic E-state index is -4.46. The van der Waals surface area contributed by atoms with Gasteiger partial charge < -0.3 is 11.1 Å². The normalized spacial score (nSPS) is 11.2. The summed E-state index contributed by atoms with van der Waals surface area (Å²) in [6.07, 6.45) is -4.46. The molecule has 0 heterocycles. The third kappa shape index (κ3) is 3.34. The molecule has 110 valence electrons. The van der Waals surface area contributed by atoms with Crippen molar-refractivity contribution in [3.05, 3.63) is 59.2 Å². The number of carbonyl (C=O) groups is 1. The van der Waals surface area contributed by atoms with Crippen LogP contribution in [0, 0.1) is 6.92 Å². The van der Waals surface area contributed by atoms with E-state index in [1.165, 1.54) is 25.1 Å². The van der Waals surface area contributed by atoms with Crippen LogP contribution in [-0.2, 0) is 6.18 Å². The lowest BCUT2D eigenvalue weighted by Gasteiger charge is -2.13. The van der Waals surface area contributed by atoms with Gasteiger partial charge in [-0.05, 0) is 36.8 Å². The van der Waals surface area contributed by atoms with Crippen molar-refractivity contribution < 1.29 is 18.0 Å². The van der Waals surface area contributed by atoms with Crippen LogP contribution in [0.15, 0.2) is 42.5 Å². The molecule has 0 aromatic heterocycles. The number of hydrogen-bond donors (Lipinski definition) is 2. The minimum absolute atomic E-state index is 0.0705. The monoisotopic (exact) mass is 294 g/mol. The van der Waals surface area contributed by atoms with E-state index in [1.807, 2.05) is 0 Å². The lowest BCUT2D eigenvalue weighted by Crippen LogP contribution is -2.15. The molecular weight excluding hydrogens is 281 g/mol. The summed E-state index contributed by atoms with van der Waals surface area (Å²) in [4.78, 5) is 12.0. The molecule has 0 aliphatic carbocycles. The Balaban J connectivity index is 2.29. The highest BCUT2D eigenvalue weighted by molar-refractivity contribution is 6.07. The van der Waals surface area contributed by atoms with Gasteiger partial charge in [0.05, 0.1) is 11.1 Å². The molecule has 0 saturated heterocycles. The van der Waals surface area contributed by atoms with E-state index in [4.69, 9.17) is 5.73 Å². The number of rotatable bonds is 2. The maximum atomic E-state index is 12.8. The number of anilines is 2. The number of hydrogen-bond acceptors (Lipinski definition) is 2. The van der Waals surface area contributed by atoms with Crippen LogP contribution in [-0.4, -0.2) is 5.91 Å². The van der Waals surface area contributed by atoms with Gasteiger partial charge in [-0.2, -0.15) is 13.2 Å². The van der Waals surface area contributed by atoms with Gasteiger partial charge in [0.15, 0.2) is 0 Å². The summed E-state index contributed by atoms with van der Waals surface area (Å²) in [5.74, 6) is -0.551. The SMILES string of the molecule is Cc1ccc(NC(=O)c2ccccc2N)cc1C(F)(F)F. The zero-order valence-electron chi connectivity index (χ0n) is 11.2. The summed E-state index contributed by atoms with van der Waals surface area (Å²) in [5, 5.41) is 2.42. The van der Waals surface area contributed by atoms with Crippen molar-refractivity contribution in [1.82, 2.24) is 0 Å². The van der Waals surface area contributed by atoms with E-state index in [0.29, 0.717) is 0 Å². The van der Waals surface area contributed by atoms with Gasteiger partial charge in [0.25, 0.3) is 5.91 Å². The van der Waals surface area contributed by atoms with E-state index in [1.54, 1.807) is 18.2 Å². The fourth-order valence-corrected chi connectivity index (χ4v) is 1.91. The predicted octanol–water partition coefficient (Wildman–Crippen LogP) is 3.85. The van der Waals surface area contributed by atoms with Gasteiger partial charge in [-0.1, -0.05) is 18.2 Å². The number of benzene rings is 2. The van der Waals surface area contributed by atoms with Gasteiger partial charge in [-0.25, -0.2) is 0 Å². The highest BCUT2D eigenvalue weighted by Gasteiger charge is 2.32. The van der Waals surface area contributed by atoms with Crippen LogP contribution < -0.4 is 11.1 Å². The number of carbonyl (C=O) groups excluding carboxylic acids is 1. The number of aryl methyl sites for hydroxylation is 1. The molecule has 0 atom stereocenters. The van der Waals surface area contributed by atoms with E-state index < -0.39 is 17.6 Å². The maximum Gasteiger partial charge on any atom is 0.416 e. The highest BCUT2D eigenvalue weighted by atomic mass is 19.4. The second kappa shape index (κ2) is 5.47. The summed E-state index contributed by atoms with van der Waals surface area (Å²) in [6.45, 7) is 1.36. The first-order chi connectivity index (χ1) is 9.79. The van der Waals surface area contributed by atoms with Crippen molar-refractivity contribution in [2.24, 2.45) is 0 Å². The molecule has 2 rings (SSSR count). The second-order valence-corrected chi connectivity index (χ2v) is 4.57. The van der Waals surface area contributed by atoms with E-state index in [0.717, 1.165) is 6.07 Å². The molecule has 0 aliphatic rings. The largest absolute Gasteiger partial charge is 0.416 e. The van der Waals surface area contributed by atoms with E-state index in [-0.39, 0.29) is 22.5 Å². The fourth-order valence-electron chi connectivity index (χ4n) is 1.91. The second-order valence-electron chi connectivity index (χ2n) is 4.57. The zero-order chi connectivity index (χ0) is 15.6. The van der Waals surface area contributed by atoms with Gasteiger partial charge in [-0.15, -0.1) is 0 Å². The van der Waals surface area contributed by atoms with E-state index in [2.05, 4.69) is 5.32 Å². The quantitative estimate of drug-likeness (QED) is 0.827. The van der Waals surface area contributed by atoms with Crippen LogP contribution in [0.2, 0.25) is 0 Å². The molecule has 0 spiro atoms. The Morgan fingerprint density at radius 3 is 2.43 bits per heavy atom. The van der Waals surface area contributed by atoms with Crippen LogP contribution in [0.5, 0.6) is 0 Å². The molecule has 0 fully saturated rings. The van der Waals surface area contributed by atoms with Crippen LogP contribution in [0.3, 0.4) is 0 Å². The van der Waals surface area contributed by atoms with Gasteiger partial charge in [0.1, 0.15) is 0 Å². The molecule has 0 aliphatic heterocycles. The summed E-state index contributed by atoms with van der Waals surface area (Å²) >= 11 is 0. The van der Waals surface area contributed by atoms with Crippen molar-refractivity contribution in [2.45, 2.75) is 13.1 Å². The van der Waals surface area contributed by atoms with Gasteiger partial charge >= 0.3 is 6.18 Å². The molecular formula is C15H13F3N2O. The van der Waals surface area contributed by atoms with Crippen molar-refractivity contribution in [2.75, 3.05) is 11.1 Å². The van der Waals surface area contributed by atoms with E-state index >= 15 is 0 Å². The lowest BCUT2D eigenvalue weighted by molar-refractivity contribution is -0.138. The smallest absolute Gasteiger partial charge is 0.398 e. The molecule has 1 amide bonds. The molecule has 0 saturated carbocycles. The zero-order valence-corrected chi connectivity index (χ0v) is 11.2. The molecule has 2 aromatic carbocycles. The third-order valence-electron chi connectivity index (χ3n) is 3.01. The van der Waals surface area contributed by atoms with Gasteiger partial charge in [0.2, 0.25) is 0 Å². The molecule has 21 heavy (non-hydrogen) atoms. The Hall–Kier alpha value is -2.50. The summed E-state index contributed by atoms with van der Waals surface area (Å²) < 4.78 is 38.5. The number of amides is 1. The van der Waals surface area contributed by atoms with Crippen LogP contribution in [0.25, 0.3) is 0 Å². The van der Waals surface area contributed by atoms with Crippen LogP contribution in [0.1, 0.15) is 21.5 Å². The fraction of sp³-hybridized carbons (Fsp3) is 0.133. The Labute approximate surface area is 119 Å². The highest BCUT2D eigenvalue weighted by Crippen LogP contribution is 2.33. The standard InChI is InChI=1S/C15H13F3N2O/c1-9-6-7-10(8-12(9)15(16,17)18)20-14(21)11-4-2-3-5-13(11)19/h2-8H,19H2,1H3,(H,20,21). The summed E-state index contributed by atoms with van der Waals surface area (Å²) in [5.41, 5.74) is 5.53. The minimum Gasteiger partial charge on any atom is -0.398 e. The average Bonchev–Trinajstić information content (AvgIpc) is 2.40. The van der Waals surface area contributed by atoms with E-state index in [9.17, 15) is 18.0 Å². The molecule has 2 aromatic rings. The number of alkyl halides is 3.